The fraction of sp³-hybridized carbons (Fsp3) is 0.744. The van der Waals surface area contributed by atoms with Crippen molar-refractivity contribution in [1.82, 2.24) is 0 Å². The van der Waals surface area contributed by atoms with Crippen molar-refractivity contribution >= 4 is 17.9 Å². The van der Waals surface area contributed by atoms with E-state index < -0.39 is 24.3 Å². The van der Waals surface area contributed by atoms with Gasteiger partial charge in [0.1, 0.15) is 13.2 Å². The summed E-state index contributed by atoms with van der Waals surface area (Å²) in [4.78, 5) is 37.7. The predicted octanol–water partition coefficient (Wildman–Crippen LogP) is 24.1. The van der Waals surface area contributed by atoms with Gasteiger partial charge in [0.05, 0.1) is 34.4 Å². The summed E-state index contributed by atoms with van der Waals surface area (Å²) in [7, 11) is 5.98. The van der Waals surface area contributed by atoms with E-state index in [0.29, 0.717) is 17.4 Å². The molecule has 0 fully saturated rings. The van der Waals surface area contributed by atoms with E-state index in [2.05, 4.69) is 123 Å². The van der Waals surface area contributed by atoms with Crippen molar-refractivity contribution in [2.75, 3.05) is 47.5 Å². The molecular weight excluding hydrogens is 1130 g/mol. The first-order valence-electron chi connectivity index (χ1n) is 38.1. The molecule has 2 atom stereocenters. The first-order valence-corrected chi connectivity index (χ1v) is 38.1. The summed E-state index contributed by atoms with van der Waals surface area (Å²) in [6, 6.07) is 0. The molecule has 0 bridgehead atoms. The predicted molar refractivity (Wildman–Crippen MR) is 392 cm³/mol. The second kappa shape index (κ2) is 71.8. The lowest BCUT2D eigenvalue weighted by Crippen LogP contribution is -2.40. The zero-order valence-electron chi connectivity index (χ0n) is 60.0. The molecule has 0 aromatic carbocycles. The Hall–Kier alpha value is -4.05. The Labute approximate surface area is 562 Å². The number of allylic oxidation sites excluding steroid dienone is 18. The lowest BCUT2D eigenvalue weighted by Gasteiger charge is -2.25. The van der Waals surface area contributed by atoms with Crippen LogP contribution in [0.1, 0.15) is 335 Å². The number of ether oxygens (including phenoxy) is 4. The summed E-state index contributed by atoms with van der Waals surface area (Å²) in [5.41, 5.74) is 0. The average molecular weight is 1270 g/mol. The number of nitrogens with zero attached hydrogens (tertiary/aromatic N) is 1. The Morgan fingerprint density at radius 2 is 0.626 bits per heavy atom. The molecule has 0 aromatic rings. The zero-order chi connectivity index (χ0) is 66.1. The first kappa shape index (κ1) is 87.0. The van der Waals surface area contributed by atoms with E-state index >= 15 is 0 Å². The zero-order valence-corrected chi connectivity index (χ0v) is 60.0. The van der Waals surface area contributed by atoms with Crippen molar-refractivity contribution in [3.8, 4) is 0 Å². The van der Waals surface area contributed by atoms with E-state index in [-0.39, 0.29) is 32.2 Å². The number of hydrogen-bond acceptors (Lipinski definition) is 7. The number of carboxylic acids is 1. The van der Waals surface area contributed by atoms with Crippen LogP contribution in [-0.4, -0.2) is 87.4 Å². The molecule has 0 saturated carbocycles. The van der Waals surface area contributed by atoms with Crippen LogP contribution in [0.15, 0.2) is 109 Å². The average Bonchev–Trinajstić information content (AvgIpc) is 3.46. The normalized spacial score (nSPS) is 13.3. The Morgan fingerprint density at radius 3 is 0.945 bits per heavy atom. The molecule has 0 aliphatic rings. The third-order valence-corrected chi connectivity index (χ3v) is 16.5. The number of unbranched alkanes of at least 4 members (excludes halogenated alkanes) is 37. The van der Waals surface area contributed by atoms with Gasteiger partial charge < -0.3 is 28.5 Å². The fourth-order valence-corrected chi connectivity index (χ4v) is 10.7. The van der Waals surface area contributed by atoms with Gasteiger partial charge in [-0.3, -0.25) is 9.59 Å². The van der Waals surface area contributed by atoms with Crippen LogP contribution in [0, 0.1) is 0 Å². The first-order chi connectivity index (χ1) is 44.6. The largest absolute Gasteiger partial charge is 0.477 e. The highest BCUT2D eigenvalue weighted by molar-refractivity contribution is 5.71. The molecule has 0 amide bonds. The monoisotopic (exact) mass is 1270 g/mol. The molecule has 1 N–H and O–H groups in total. The van der Waals surface area contributed by atoms with Crippen LogP contribution < -0.4 is 0 Å². The Morgan fingerprint density at radius 1 is 0.341 bits per heavy atom. The van der Waals surface area contributed by atoms with E-state index in [9.17, 15) is 19.5 Å². The second-order valence-electron chi connectivity index (χ2n) is 26.6. The highest BCUT2D eigenvalue weighted by Crippen LogP contribution is 2.18. The molecule has 0 radical (unpaired) electrons. The molecule has 0 saturated heterocycles. The molecule has 0 spiro atoms. The lowest BCUT2D eigenvalue weighted by molar-refractivity contribution is -0.870. The van der Waals surface area contributed by atoms with E-state index in [1.807, 2.05) is 21.1 Å². The Balaban J connectivity index is 4.07. The van der Waals surface area contributed by atoms with Gasteiger partial charge in [-0.1, -0.05) is 329 Å². The van der Waals surface area contributed by atoms with E-state index in [0.717, 1.165) is 89.9 Å². The molecule has 0 heterocycles. The minimum Gasteiger partial charge on any atom is -0.477 e. The molecule has 9 heteroatoms. The second-order valence-corrected chi connectivity index (χ2v) is 26.6. The van der Waals surface area contributed by atoms with Gasteiger partial charge in [-0.05, 0) is 103 Å². The highest BCUT2D eigenvalue weighted by atomic mass is 16.7. The standard InChI is InChI=1S/C82H143NO8/c1-6-8-10-12-14-16-18-20-22-24-26-28-30-32-34-35-36-37-38-39-40-41-42-43-44-45-47-49-51-53-55-57-59-61-63-65-67-69-71-73-80(85)91-78(77-90-82(81(86)87)88-75-74-83(3,4)5)76-89-79(84)72-70-68-66-64-62-60-58-56-54-52-50-48-46-33-31-29-27-25-23-21-19-17-15-13-11-9-7-2/h8,10,14,16,20,22,25-28,32,34,36-37,39-40,42-43,78,82H,6-7,9,11-13,15,17-19,21,23-24,29-31,33,35,38,41,44-77H2,1-5H3/p+1/b10-8-,16-14-,22-20-,27-25-,28-26-,34-32-,37-36-,40-39-,43-42-. The van der Waals surface area contributed by atoms with Crippen LogP contribution in [0.25, 0.3) is 0 Å². The number of carbonyl (C=O) groups excluding carboxylic acids is 2. The van der Waals surface area contributed by atoms with Gasteiger partial charge in [-0.25, -0.2) is 4.79 Å². The van der Waals surface area contributed by atoms with Crippen molar-refractivity contribution < 1.29 is 42.9 Å². The molecular formula is C82H144NO8+. The summed E-state index contributed by atoms with van der Waals surface area (Å²) in [6.07, 6.45) is 97.9. The van der Waals surface area contributed by atoms with Gasteiger partial charge in [-0.2, -0.15) is 0 Å². The minimum absolute atomic E-state index is 0.183. The smallest absolute Gasteiger partial charge is 0.361 e. The van der Waals surface area contributed by atoms with Crippen molar-refractivity contribution in [1.29, 1.82) is 0 Å². The molecule has 0 rings (SSSR count). The van der Waals surface area contributed by atoms with Crippen LogP contribution in [0.4, 0.5) is 0 Å². The third kappa shape index (κ3) is 73.2. The van der Waals surface area contributed by atoms with Crippen LogP contribution in [0.2, 0.25) is 0 Å². The van der Waals surface area contributed by atoms with Crippen LogP contribution in [0.3, 0.4) is 0 Å². The lowest BCUT2D eigenvalue weighted by atomic mass is 10.0. The van der Waals surface area contributed by atoms with Crippen LogP contribution >= 0.6 is 0 Å². The van der Waals surface area contributed by atoms with Crippen molar-refractivity contribution in [2.24, 2.45) is 0 Å². The van der Waals surface area contributed by atoms with Crippen molar-refractivity contribution in [3.63, 3.8) is 0 Å². The van der Waals surface area contributed by atoms with Gasteiger partial charge in [0, 0.05) is 12.8 Å². The SMILES string of the molecule is CC/C=C\C/C=C\C/C=C\C/C=C\C/C=C\C/C=C\C/C=C\C/C=C\CCCCCCCCCCCCCCCCC(=O)OC(COC(=O)CCCCCCCCCCCCCCCCC/C=C\CCCCCCCCCC)COC(OCC[N+](C)(C)C)C(=O)O. The number of quaternary nitrogens is 1. The van der Waals surface area contributed by atoms with Gasteiger partial charge in [-0.15, -0.1) is 0 Å². The quantitative estimate of drug-likeness (QED) is 0.0211. The highest BCUT2D eigenvalue weighted by Gasteiger charge is 2.25. The van der Waals surface area contributed by atoms with Crippen molar-refractivity contribution in [3.05, 3.63) is 109 Å². The Bertz CT molecular complexity index is 1870. The summed E-state index contributed by atoms with van der Waals surface area (Å²) in [6.45, 7) is 4.80. The van der Waals surface area contributed by atoms with Crippen LogP contribution in [-0.2, 0) is 33.3 Å². The number of rotatable bonds is 70. The molecule has 0 aliphatic heterocycles. The summed E-state index contributed by atoms with van der Waals surface area (Å²) in [5.74, 6) is -1.99. The molecule has 524 valence electrons. The molecule has 91 heavy (non-hydrogen) atoms. The fourth-order valence-electron chi connectivity index (χ4n) is 10.7. The maximum atomic E-state index is 13.0. The maximum absolute atomic E-state index is 13.0. The number of carbonyl (C=O) groups is 3. The number of carboxylic acid groups (broad SMARTS) is 1. The molecule has 0 aromatic heterocycles. The molecule has 9 nitrogen and oxygen atoms in total. The van der Waals surface area contributed by atoms with Gasteiger partial charge in [0.25, 0.3) is 6.29 Å². The van der Waals surface area contributed by atoms with Gasteiger partial charge >= 0.3 is 17.9 Å². The van der Waals surface area contributed by atoms with Crippen LogP contribution in [0.5, 0.6) is 0 Å². The minimum atomic E-state index is -1.51. The van der Waals surface area contributed by atoms with E-state index in [1.54, 1.807) is 0 Å². The summed E-state index contributed by atoms with van der Waals surface area (Å²) >= 11 is 0. The van der Waals surface area contributed by atoms with E-state index in [1.165, 1.54) is 218 Å². The van der Waals surface area contributed by atoms with Gasteiger partial charge in [0.2, 0.25) is 0 Å². The molecule has 2 unspecified atom stereocenters. The molecule has 0 aliphatic carbocycles. The topological polar surface area (TPSA) is 108 Å². The number of likely N-dealkylation sites (N-methyl/N-ethyl adjacent to an activating group) is 1. The Kier molecular flexibility index (Phi) is 68.6. The maximum Gasteiger partial charge on any atom is 0.361 e. The third-order valence-electron chi connectivity index (χ3n) is 16.5. The van der Waals surface area contributed by atoms with Crippen molar-refractivity contribution in [2.45, 2.75) is 347 Å². The summed E-state index contributed by atoms with van der Waals surface area (Å²) < 4.78 is 23.0. The number of esters is 2. The number of aliphatic carboxylic acids is 1. The summed E-state index contributed by atoms with van der Waals surface area (Å²) in [5, 5.41) is 9.76. The number of hydrogen-bond donors (Lipinski definition) is 1. The van der Waals surface area contributed by atoms with E-state index in [4.69, 9.17) is 18.9 Å². The van der Waals surface area contributed by atoms with Gasteiger partial charge in [0.15, 0.2) is 6.10 Å².